The average molecular weight is 433 g/mol. The van der Waals surface area contributed by atoms with Crippen molar-refractivity contribution in [3.05, 3.63) is 70.4 Å². The number of nitrogens with zero attached hydrogens (tertiary/aromatic N) is 1. The number of unbranched alkanes of at least 4 members (excludes halogenated alkanes) is 2. The Morgan fingerprint density at radius 3 is 2.72 bits per heavy atom. The molecule has 3 aromatic rings. The Bertz CT molecular complexity index is 1150. The van der Waals surface area contributed by atoms with E-state index in [0.717, 1.165) is 35.7 Å². The normalized spacial score (nSPS) is 16.0. The van der Waals surface area contributed by atoms with E-state index >= 15 is 0 Å². The number of amides is 1. The summed E-state index contributed by atoms with van der Waals surface area (Å²) >= 11 is 0. The quantitative estimate of drug-likeness (QED) is 0.361. The highest BCUT2D eigenvalue weighted by Crippen LogP contribution is 2.37. The molecular formula is C27H32N2O3. The number of benzene rings is 2. The maximum absolute atomic E-state index is 12.1. The lowest BCUT2D eigenvalue weighted by molar-refractivity contribution is 0.0698. The van der Waals surface area contributed by atoms with Gasteiger partial charge in [0.15, 0.2) is 0 Å². The standard InChI is InChI=1S/C27H32N2O3/c1-2-3-4-8-18-9-6-12-21-22-13-7-14-23(27(31)32)25(22)29(24(21)16-18)17-19-10-5-11-20(15-19)26(28)30/h5,7,10-11,13-15,18H,2-4,6,8-9,12,16-17H2,1H3,(H2,28,30)(H,31,32). The van der Waals surface area contributed by atoms with Crippen molar-refractivity contribution < 1.29 is 14.7 Å². The van der Waals surface area contributed by atoms with Crippen LogP contribution in [0.25, 0.3) is 10.9 Å². The van der Waals surface area contributed by atoms with Gasteiger partial charge in [0.1, 0.15) is 0 Å². The number of carboxylic acid groups (broad SMARTS) is 1. The maximum Gasteiger partial charge on any atom is 0.337 e. The second-order valence-corrected chi connectivity index (χ2v) is 9.04. The molecule has 0 bridgehead atoms. The van der Waals surface area contributed by atoms with Gasteiger partial charge in [-0.25, -0.2) is 4.79 Å². The number of aromatic carboxylic acids is 1. The minimum atomic E-state index is -0.908. The molecule has 0 saturated heterocycles. The van der Waals surface area contributed by atoms with Gasteiger partial charge in [0, 0.05) is 23.2 Å². The molecule has 1 atom stereocenters. The monoisotopic (exact) mass is 432 g/mol. The van der Waals surface area contributed by atoms with Gasteiger partial charge in [0.05, 0.1) is 11.1 Å². The molecule has 1 unspecified atom stereocenters. The Hall–Kier alpha value is -3.08. The molecular weight excluding hydrogens is 400 g/mol. The van der Waals surface area contributed by atoms with Crippen molar-refractivity contribution in [2.24, 2.45) is 11.7 Å². The number of hydrogen-bond donors (Lipinski definition) is 2. The Morgan fingerprint density at radius 2 is 1.97 bits per heavy atom. The second kappa shape index (κ2) is 9.60. The topological polar surface area (TPSA) is 85.3 Å². The second-order valence-electron chi connectivity index (χ2n) is 9.04. The number of aromatic nitrogens is 1. The summed E-state index contributed by atoms with van der Waals surface area (Å²) in [6.07, 6.45) is 9.25. The van der Waals surface area contributed by atoms with Gasteiger partial charge >= 0.3 is 5.97 Å². The Balaban J connectivity index is 1.83. The summed E-state index contributed by atoms with van der Waals surface area (Å²) in [5.41, 5.74) is 10.6. The zero-order chi connectivity index (χ0) is 22.7. The number of carboxylic acids is 1. The Kier molecular flexibility index (Phi) is 6.63. The number of hydrogen-bond acceptors (Lipinski definition) is 2. The molecule has 1 aliphatic carbocycles. The summed E-state index contributed by atoms with van der Waals surface area (Å²) in [5, 5.41) is 11.0. The summed E-state index contributed by atoms with van der Waals surface area (Å²) < 4.78 is 2.20. The Morgan fingerprint density at radius 1 is 1.16 bits per heavy atom. The van der Waals surface area contributed by atoms with E-state index in [1.165, 1.54) is 43.4 Å². The van der Waals surface area contributed by atoms with Crippen LogP contribution in [-0.2, 0) is 19.4 Å². The highest BCUT2D eigenvalue weighted by Gasteiger charge is 2.26. The summed E-state index contributed by atoms with van der Waals surface area (Å²) in [4.78, 5) is 23.8. The lowest BCUT2D eigenvalue weighted by atomic mass is 9.93. The van der Waals surface area contributed by atoms with E-state index in [2.05, 4.69) is 17.6 Å². The van der Waals surface area contributed by atoms with E-state index in [4.69, 9.17) is 5.73 Å². The van der Waals surface area contributed by atoms with Crippen LogP contribution in [0.1, 0.15) is 83.0 Å². The number of rotatable bonds is 8. The van der Waals surface area contributed by atoms with Crippen LogP contribution in [-0.4, -0.2) is 21.6 Å². The largest absolute Gasteiger partial charge is 0.478 e. The molecule has 3 N–H and O–H groups in total. The van der Waals surface area contributed by atoms with Crippen LogP contribution >= 0.6 is 0 Å². The molecule has 0 fully saturated rings. The lowest BCUT2D eigenvalue weighted by Crippen LogP contribution is -2.13. The minimum Gasteiger partial charge on any atom is -0.478 e. The molecule has 4 rings (SSSR count). The minimum absolute atomic E-state index is 0.337. The first-order chi connectivity index (χ1) is 15.5. The molecule has 0 spiro atoms. The SMILES string of the molecule is CCCCCC1CCCc2c(n(Cc3cccc(C(N)=O)c3)c3c(C(=O)O)cccc23)C1. The zero-order valence-corrected chi connectivity index (χ0v) is 18.8. The van der Waals surface area contributed by atoms with Crippen molar-refractivity contribution in [1.29, 1.82) is 0 Å². The van der Waals surface area contributed by atoms with Crippen molar-refractivity contribution in [2.75, 3.05) is 0 Å². The van der Waals surface area contributed by atoms with Crippen molar-refractivity contribution in [2.45, 2.75) is 64.8 Å². The molecule has 1 amide bonds. The van der Waals surface area contributed by atoms with Crippen LogP contribution < -0.4 is 5.73 Å². The highest BCUT2D eigenvalue weighted by atomic mass is 16.4. The van der Waals surface area contributed by atoms with Crippen molar-refractivity contribution in [3.8, 4) is 0 Å². The summed E-state index contributed by atoms with van der Waals surface area (Å²) in [6, 6.07) is 13.0. The average Bonchev–Trinajstić information content (AvgIpc) is 2.93. The van der Waals surface area contributed by atoms with Gasteiger partial charge in [-0.2, -0.15) is 0 Å². The van der Waals surface area contributed by atoms with Crippen LogP contribution in [0, 0.1) is 5.92 Å². The first-order valence-corrected chi connectivity index (χ1v) is 11.7. The van der Waals surface area contributed by atoms with E-state index in [0.29, 0.717) is 23.6 Å². The first kappa shape index (κ1) is 22.1. The summed E-state index contributed by atoms with van der Waals surface area (Å²) in [6.45, 7) is 2.76. The molecule has 0 radical (unpaired) electrons. The maximum atomic E-state index is 12.1. The molecule has 1 aromatic heterocycles. The molecule has 2 aromatic carbocycles. The van der Waals surface area contributed by atoms with Crippen LogP contribution in [0.5, 0.6) is 0 Å². The smallest absolute Gasteiger partial charge is 0.337 e. The predicted octanol–water partition coefficient (Wildman–Crippen LogP) is 5.56. The van der Waals surface area contributed by atoms with E-state index in [1.807, 2.05) is 24.3 Å². The number of aryl methyl sites for hydroxylation is 1. The highest BCUT2D eigenvalue weighted by molar-refractivity contribution is 6.04. The molecule has 1 aliphatic rings. The van der Waals surface area contributed by atoms with E-state index in [1.54, 1.807) is 12.1 Å². The van der Waals surface area contributed by atoms with Gasteiger partial charge in [-0.3, -0.25) is 4.79 Å². The molecule has 1 heterocycles. The first-order valence-electron chi connectivity index (χ1n) is 11.7. The van der Waals surface area contributed by atoms with Gasteiger partial charge in [-0.15, -0.1) is 0 Å². The predicted molar refractivity (Wildman–Crippen MR) is 127 cm³/mol. The van der Waals surface area contributed by atoms with Gasteiger partial charge in [-0.05, 0) is 60.9 Å². The number of fused-ring (bicyclic) bond motifs is 3. The number of primary amides is 1. The zero-order valence-electron chi connectivity index (χ0n) is 18.8. The van der Waals surface area contributed by atoms with Gasteiger partial charge in [0.2, 0.25) is 5.91 Å². The number of carbonyl (C=O) groups is 2. The molecule has 5 nitrogen and oxygen atoms in total. The molecule has 0 saturated carbocycles. The fraction of sp³-hybridized carbons (Fsp3) is 0.407. The van der Waals surface area contributed by atoms with Crippen molar-refractivity contribution >= 4 is 22.8 Å². The molecule has 0 aliphatic heterocycles. The van der Waals surface area contributed by atoms with Crippen LogP contribution in [0.4, 0.5) is 0 Å². The number of carbonyl (C=O) groups excluding carboxylic acids is 1. The lowest BCUT2D eigenvalue weighted by Gasteiger charge is -2.18. The van der Waals surface area contributed by atoms with E-state index < -0.39 is 11.9 Å². The fourth-order valence-corrected chi connectivity index (χ4v) is 5.27. The summed E-state index contributed by atoms with van der Waals surface area (Å²) in [7, 11) is 0. The van der Waals surface area contributed by atoms with Gasteiger partial charge < -0.3 is 15.4 Å². The van der Waals surface area contributed by atoms with Crippen molar-refractivity contribution in [3.63, 3.8) is 0 Å². The van der Waals surface area contributed by atoms with Gasteiger partial charge in [0.25, 0.3) is 0 Å². The fourth-order valence-electron chi connectivity index (χ4n) is 5.27. The van der Waals surface area contributed by atoms with E-state index in [9.17, 15) is 14.7 Å². The summed E-state index contributed by atoms with van der Waals surface area (Å²) in [5.74, 6) is -0.740. The third kappa shape index (κ3) is 4.43. The van der Waals surface area contributed by atoms with E-state index in [-0.39, 0.29) is 0 Å². The van der Waals surface area contributed by atoms with Gasteiger partial charge in [-0.1, -0.05) is 56.9 Å². The third-order valence-corrected chi connectivity index (χ3v) is 6.82. The Labute approximate surface area is 189 Å². The molecule has 5 heteroatoms. The van der Waals surface area contributed by atoms with Crippen molar-refractivity contribution in [1.82, 2.24) is 4.57 Å². The number of nitrogens with two attached hydrogens (primary N) is 1. The molecule has 168 valence electrons. The molecule has 32 heavy (non-hydrogen) atoms. The van der Waals surface area contributed by atoms with Crippen LogP contribution in [0.15, 0.2) is 42.5 Å². The van der Waals surface area contributed by atoms with Crippen LogP contribution in [0.3, 0.4) is 0 Å². The van der Waals surface area contributed by atoms with Crippen LogP contribution in [0.2, 0.25) is 0 Å². The third-order valence-electron chi connectivity index (χ3n) is 6.82. The number of para-hydroxylation sites is 1.